The molecule has 0 heterocycles. The summed E-state index contributed by atoms with van der Waals surface area (Å²) in [7, 11) is 1.20. The Kier molecular flexibility index (Phi) is 7.51. The fourth-order valence-corrected chi connectivity index (χ4v) is 2.11. The summed E-state index contributed by atoms with van der Waals surface area (Å²) in [4.78, 5) is 45.7. The standard InChI is InChI=1S/C16H21N3O7/c1-9(2)6-13(16(22)25-3)18-14(20)8-26-15(21)11-7-10(19(23)24)4-5-12(11)17/h4-5,7,9,13H,6,8,17H2,1-3H3,(H,18,20)/t13-/m1/s1. The van der Waals surface area contributed by atoms with Crippen LogP contribution in [0, 0.1) is 16.0 Å². The zero-order valence-electron chi connectivity index (χ0n) is 14.7. The number of nitrogens with zero attached hydrogens (tertiary/aromatic N) is 1. The lowest BCUT2D eigenvalue weighted by Crippen LogP contribution is -2.44. The van der Waals surface area contributed by atoms with E-state index in [1.807, 2.05) is 13.8 Å². The summed E-state index contributed by atoms with van der Waals surface area (Å²) in [5.41, 5.74) is 5.03. The molecule has 0 aliphatic carbocycles. The number of anilines is 1. The minimum atomic E-state index is -0.986. The van der Waals surface area contributed by atoms with Crippen LogP contribution in [0.15, 0.2) is 18.2 Å². The van der Waals surface area contributed by atoms with E-state index in [1.54, 1.807) is 0 Å². The number of carbonyl (C=O) groups excluding carboxylic acids is 3. The van der Waals surface area contributed by atoms with Crippen molar-refractivity contribution in [2.24, 2.45) is 5.92 Å². The third-order valence-corrected chi connectivity index (χ3v) is 3.33. The zero-order valence-corrected chi connectivity index (χ0v) is 14.7. The topological polar surface area (TPSA) is 151 Å². The van der Waals surface area contributed by atoms with E-state index < -0.39 is 35.4 Å². The van der Waals surface area contributed by atoms with Crippen LogP contribution in [0.1, 0.15) is 30.6 Å². The fourth-order valence-electron chi connectivity index (χ4n) is 2.11. The van der Waals surface area contributed by atoms with Gasteiger partial charge in [-0.1, -0.05) is 13.8 Å². The van der Waals surface area contributed by atoms with Gasteiger partial charge >= 0.3 is 11.9 Å². The third-order valence-electron chi connectivity index (χ3n) is 3.33. The summed E-state index contributed by atoms with van der Waals surface area (Å²) >= 11 is 0. The summed E-state index contributed by atoms with van der Waals surface area (Å²) in [6.45, 7) is 3.06. The fraction of sp³-hybridized carbons (Fsp3) is 0.438. The Labute approximate surface area is 149 Å². The van der Waals surface area contributed by atoms with E-state index in [9.17, 15) is 24.5 Å². The van der Waals surface area contributed by atoms with Crippen LogP contribution in [0.5, 0.6) is 0 Å². The van der Waals surface area contributed by atoms with Gasteiger partial charge < -0.3 is 20.5 Å². The van der Waals surface area contributed by atoms with Crippen molar-refractivity contribution < 1.29 is 28.8 Å². The second kappa shape index (κ2) is 9.35. The second-order valence-corrected chi connectivity index (χ2v) is 5.88. The highest BCUT2D eigenvalue weighted by molar-refractivity contribution is 5.97. The number of amides is 1. The van der Waals surface area contributed by atoms with Gasteiger partial charge in [-0.3, -0.25) is 14.9 Å². The lowest BCUT2D eigenvalue weighted by atomic mass is 10.0. The predicted molar refractivity (Wildman–Crippen MR) is 91.2 cm³/mol. The van der Waals surface area contributed by atoms with E-state index in [0.29, 0.717) is 6.42 Å². The van der Waals surface area contributed by atoms with Gasteiger partial charge in [0.1, 0.15) is 6.04 Å². The van der Waals surface area contributed by atoms with Gasteiger partial charge in [-0.05, 0) is 18.4 Å². The first kappa shape index (κ1) is 20.9. The number of hydrogen-bond acceptors (Lipinski definition) is 8. The second-order valence-electron chi connectivity index (χ2n) is 5.88. The largest absolute Gasteiger partial charge is 0.467 e. The van der Waals surface area contributed by atoms with Gasteiger partial charge in [0.2, 0.25) is 0 Å². The summed E-state index contributed by atoms with van der Waals surface area (Å²) in [5, 5.41) is 13.2. The SMILES string of the molecule is COC(=O)[C@@H](CC(C)C)NC(=O)COC(=O)c1cc([N+](=O)[O-])ccc1N. The molecule has 0 saturated carbocycles. The Bertz CT molecular complexity index is 703. The number of nitro groups is 1. The molecule has 1 aromatic carbocycles. The average molecular weight is 367 g/mol. The highest BCUT2D eigenvalue weighted by Crippen LogP contribution is 2.20. The van der Waals surface area contributed by atoms with Crippen LogP contribution in [-0.2, 0) is 19.1 Å². The number of esters is 2. The number of hydrogen-bond donors (Lipinski definition) is 2. The molecule has 0 aliphatic heterocycles. The molecule has 0 radical (unpaired) electrons. The van der Waals surface area contributed by atoms with E-state index in [4.69, 9.17) is 10.5 Å². The normalized spacial score (nSPS) is 11.5. The van der Waals surface area contributed by atoms with Crippen molar-refractivity contribution in [3.8, 4) is 0 Å². The highest BCUT2D eigenvalue weighted by atomic mass is 16.6. The number of rotatable bonds is 8. The number of nitrogens with two attached hydrogens (primary N) is 1. The first-order valence-corrected chi connectivity index (χ1v) is 7.74. The van der Waals surface area contributed by atoms with Crippen LogP contribution < -0.4 is 11.1 Å². The Morgan fingerprint density at radius 2 is 1.96 bits per heavy atom. The van der Waals surface area contributed by atoms with Crippen molar-refractivity contribution in [1.29, 1.82) is 0 Å². The van der Waals surface area contributed by atoms with Crippen LogP contribution in [0.2, 0.25) is 0 Å². The maximum absolute atomic E-state index is 12.0. The molecule has 1 amide bonds. The third kappa shape index (κ3) is 6.04. The number of benzene rings is 1. The zero-order chi connectivity index (χ0) is 19.9. The van der Waals surface area contributed by atoms with Crippen LogP contribution in [0.25, 0.3) is 0 Å². The molecule has 1 rings (SSSR count). The van der Waals surface area contributed by atoms with Crippen molar-refractivity contribution in [3.05, 3.63) is 33.9 Å². The van der Waals surface area contributed by atoms with E-state index in [2.05, 4.69) is 10.1 Å². The molecule has 26 heavy (non-hydrogen) atoms. The molecule has 10 heteroatoms. The highest BCUT2D eigenvalue weighted by Gasteiger charge is 2.24. The maximum atomic E-state index is 12.0. The van der Waals surface area contributed by atoms with Crippen LogP contribution in [0.4, 0.5) is 11.4 Å². The van der Waals surface area contributed by atoms with E-state index >= 15 is 0 Å². The Morgan fingerprint density at radius 1 is 1.31 bits per heavy atom. The molecular formula is C16H21N3O7. The summed E-state index contributed by atoms with van der Waals surface area (Å²) in [6, 6.07) is 2.44. The van der Waals surface area contributed by atoms with Gasteiger partial charge in [-0.2, -0.15) is 0 Å². The van der Waals surface area contributed by atoms with E-state index in [0.717, 1.165) is 12.1 Å². The van der Waals surface area contributed by atoms with Gasteiger partial charge in [-0.15, -0.1) is 0 Å². The molecule has 0 bridgehead atoms. The van der Waals surface area contributed by atoms with Gasteiger partial charge in [0, 0.05) is 17.8 Å². The number of nitro benzene ring substituents is 1. The Balaban J connectivity index is 2.71. The molecule has 1 atom stereocenters. The number of ether oxygens (including phenoxy) is 2. The quantitative estimate of drug-likeness (QED) is 0.299. The van der Waals surface area contributed by atoms with E-state index in [1.165, 1.54) is 13.2 Å². The van der Waals surface area contributed by atoms with Crippen molar-refractivity contribution in [2.75, 3.05) is 19.5 Å². The lowest BCUT2D eigenvalue weighted by Gasteiger charge is -2.18. The molecule has 0 unspecified atom stereocenters. The molecule has 1 aromatic rings. The Hall–Kier alpha value is -3.17. The molecule has 0 fully saturated rings. The monoisotopic (exact) mass is 367 g/mol. The maximum Gasteiger partial charge on any atom is 0.341 e. The van der Waals surface area contributed by atoms with Crippen LogP contribution >= 0.6 is 0 Å². The van der Waals surface area contributed by atoms with Crippen molar-refractivity contribution in [3.63, 3.8) is 0 Å². The number of non-ortho nitro benzene ring substituents is 1. The average Bonchev–Trinajstić information content (AvgIpc) is 2.58. The molecule has 142 valence electrons. The van der Waals surface area contributed by atoms with Gasteiger partial charge in [0.05, 0.1) is 17.6 Å². The summed E-state index contributed by atoms with van der Waals surface area (Å²) < 4.78 is 9.44. The van der Waals surface area contributed by atoms with Gasteiger partial charge in [0.15, 0.2) is 6.61 Å². The smallest absolute Gasteiger partial charge is 0.341 e. The molecule has 0 saturated heterocycles. The lowest BCUT2D eigenvalue weighted by molar-refractivity contribution is -0.384. The van der Waals surface area contributed by atoms with Crippen molar-refractivity contribution in [1.82, 2.24) is 5.32 Å². The molecular weight excluding hydrogens is 346 g/mol. The molecule has 0 aromatic heterocycles. The van der Waals surface area contributed by atoms with Crippen LogP contribution in [-0.4, -0.2) is 42.5 Å². The molecule has 10 nitrogen and oxygen atoms in total. The summed E-state index contributed by atoms with van der Waals surface area (Å²) in [6.07, 6.45) is 0.351. The molecule has 0 spiro atoms. The van der Waals surface area contributed by atoms with Gasteiger partial charge in [-0.25, -0.2) is 9.59 Å². The number of carbonyl (C=O) groups is 3. The minimum absolute atomic E-state index is 0.0201. The first-order chi connectivity index (χ1) is 12.1. The molecule has 0 aliphatic rings. The number of nitrogen functional groups attached to an aromatic ring is 1. The van der Waals surface area contributed by atoms with Gasteiger partial charge in [0.25, 0.3) is 11.6 Å². The minimum Gasteiger partial charge on any atom is -0.467 e. The van der Waals surface area contributed by atoms with Crippen LogP contribution in [0.3, 0.4) is 0 Å². The van der Waals surface area contributed by atoms with Crippen molar-refractivity contribution in [2.45, 2.75) is 26.3 Å². The molecule has 3 N–H and O–H groups in total. The van der Waals surface area contributed by atoms with E-state index in [-0.39, 0.29) is 22.9 Å². The first-order valence-electron chi connectivity index (χ1n) is 7.74. The summed E-state index contributed by atoms with van der Waals surface area (Å²) in [5.74, 6) is -2.19. The van der Waals surface area contributed by atoms with Crippen molar-refractivity contribution >= 4 is 29.2 Å². The Morgan fingerprint density at radius 3 is 2.50 bits per heavy atom. The number of nitrogens with one attached hydrogen (secondary N) is 1. The predicted octanol–water partition coefficient (Wildman–Crippen LogP) is 1.04. The number of methoxy groups -OCH3 is 1.